The van der Waals surface area contributed by atoms with Gasteiger partial charge in [0.25, 0.3) is 5.91 Å². The quantitative estimate of drug-likeness (QED) is 0.852. The van der Waals surface area contributed by atoms with Crippen molar-refractivity contribution in [2.75, 3.05) is 19.0 Å². The molecular weight excluding hydrogens is 268 g/mol. The van der Waals surface area contributed by atoms with Crippen molar-refractivity contribution in [3.05, 3.63) is 42.1 Å². The van der Waals surface area contributed by atoms with Gasteiger partial charge in [0.05, 0.1) is 7.11 Å². The predicted octanol–water partition coefficient (Wildman–Crippen LogP) is 2.37. The Morgan fingerprint density at radius 2 is 2.10 bits per heavy atom. The molecule has 1 aromatic heterocycles. The fourth-order valence-corrected chi connectivity index (χ4v) is 1.70. The number of carbonyl (C=O) groups is 1. The number of carbonyl (C=O) groups excluding carboxylic acids is 1. The third-order valence-electron chi connectivity index (χ3n) is 2.77. The molecule has 110 valence electrons. The molecule has 0 aliphatic heterocycles. The van der Waals surface area contributed by atoms with E-state index in [1.807, 2.05) is 31.2 Å². The lowest BCUT2D eigenvalue weighted by molar-refractivity contribution is 0.0947. The molecule has 2 aromatic rings. The normalized spacial score (nSPS) is 10.0. The summed E-state index contributed by atoms with van der Waals surface area (Å²) in [6, 6.07) is 10.8. The number of methoxy groups -OCH3 is 1. The summed E-state index contributed by atoms with van der Waals surface area (Å²) in [7, 11) is 1.61. The van der Waals surface area contributed by atoms with Crippen molar-refractivity contribution in [2.45, 2.75) is 13.3 Å². The summed E-state index contributed by atoms with van der Waals surface area (Å²) in [4.78, 5) is 11.7. The number of amides is 1. The second kappa shape index (κ2) is 7.23. The molecule has 0 saturated carbocycles. The molecule has 0 aliphatic carbocycles. The van der Waals surface area contributed by atoms with Gasteiger partial charge in [0.2, 0.25) is 0 Å². The number of benzene rings is 1. The van der Waals surface area contributed by atoms with Crippen LogP contribution in [0.3, 0.4) is 0 Å². The molecule has 6 nitrogen and oxygen atoms in total. The van der Waals surface area contributed by atoms with Crippen LogP contribution in [0.15, 0.2) is 36.4 Å². The molecule has 0 saturated heterocycles. The number of hydrogen-bond donors (Lipinski definition) is 2. The summed E-state index contributed by atoms with van der Waals surface area (Å²) in [5.41, 5.74) is 1.14. The van der Waals surface area contributed by atoms with Crippen LogP contribution in [-0.4, -0.2) is 29.8 Å². The van der Waals surface area contributed by atoms with Gasteiger partial charge in [0, 0.05) is 18.3 Å². The molecule has 0 unspecified atom stereocenters. The van der Waals surface area contributed by atoms with Gasteiger partial charge in [-0.2, -0.15) is 0 Å². The number of hydrogen-bond acceptors (Lipinski definition) is 5. The lowest BCUT2D eigenvalue weighted by atomic mass is 10.3. The number of nitrogens with one attached hydrogen (secondary N) is 2. The smallest absolute Gasteiger partial charge is 0.271 e. The molecule has 0 fully saturated rings. The van der Waals surface area contributed by atoms with Crippen LogP contribution in [0.1, 0.15) is 23.8 Å². The number of aromatic nitrogens is 2. The molecule has 0 radical (unpaired) electrons. The van der Waals surface area contributed by atoms with Crippen LogP contribution in [-0.2, 0) is 0 Å². The van der Waals surface area contributed by atoms with E-state index in [-0.39, 0.29) is 5.91 Å². The minimum Gasteiger partial charge on any atom is -0.497 e. The zero-order valence-electron chi connectivity index (χ0n) is 12.1. The summed E-state index contributed by atoms with van der Waals surface area (Å²) in [6.45, 7) is 2.62. The van der Waals surface area contributed by atoms with Gasteiger partial charge >= 0.3 is 0 Å². The van der Waals surface area contributed by atoms with E-state index in [2.05, 4.69) is 20.8 Å². The van der Waals surface area contributed by atoms with Gasteiger partial charge in [-0.15, -0.1) is 10.2 Å². The third-order valence-corrected chi connectivity index (χ3v) is 2.77. The molecule has 1 heterocycles. The second-order valence-electron chi connectivity index (χ2n) is 4.42. The van der Waals surface area contributed by atoms with Crippen molar-refractivity contribution >= 4 is 17.4 Å². The Kier molecular flexibility index (Phi) is 5.09. The minimum atomic E-state index is -0.211. The average Bonchev–Trinajstić information content (AvgIpc) is 2.53. The lowest BCUT2D eigenvalue weighted by Gasteiger charge is -2.07. The first kappa shape index (κ1) is 14.8. The number of nitrogens with zero attached hydrogens (tertiary/aromatic N) is 2. The van der Waals surface area contributed by atoms with Gasteiger partial charge in [-0.1, -0.05) is 13.0 Å². The molecule has 1 amide bonds. The Bertz CT molecular complexity index is 599. The van der Waals surface area contributed by atoms with Crippen LogP contribution in [0.5, 0.6) is 5.75 Å². The van der Waals surface area contributed by atoms with E-state index < -0.39 is 0 Å². The summed E-state index contributed by atoms with van der Waals surface area (Å²) in [5.74, 6) is 1.11. The highest BCUT2D eigenvalue weighted by Gasteiger charge is 2.07. The van der Waals surface area contributed by atoms with Crippen molar-refractivity contribution < 1.29 is 9.53 Å². The molecule has 2 rings (SSSR count). The Labute approximate surface area is 123 Å². The van der Waals surface area contributed by atoms with Gasteiger partial charge in [-0.25, -0.2) is 0 Å². The van der Waals surface area contributed by atoms with E-state index in [9.17, 15) is 4.79 Å². The fourth-order valence-electron chi connectivity index (χ4n) is 1.70. The van der Waals surface area contributed by atoms with Crippen molar-refractivity contribution in [3.63, 3.8) is 0 Å². The first-order chi connectivity index (χ1) is 10.2. The van der Waals surface area contributed by atoms with Crippen LogP contribution in [0.2, 0.25) is 0 Å². The maximum atomic E-state index is 11.7. The summed E-state index contributed by atoms with van der Waals surface area (Å²) in [5, 5.41) is 13.8. The number of ether oxygens (including phenoxy) is 1. The highest BCUT2D eigenvalue weighted by molar-refractivity contribution is 5.92. The minimum absolute atomic E-state index is 0.211. The van der Waals surface area contributed by atoms with Crippen molar-refractivity contribution in [1.29, 1.82) is 0 Å². The van der Waals surface area contributed by atoms with Gasteiger partial charge in [0.15, 0.2) is 11.5 Å². The Hall–Kier alpha value is -2.63. The van der Waals surface area contributed by atoms with Gasteiger partial charge in [-0.05, 0) is 30.7 Å². The molecule has 6 heteroatoms. The van der Waals surface area contributed by atoms with Crippen LogP contribution >= 0.6 is 0 Å². The Morgan fingerprint density at radius 1 is 1.24 bits per heavy atom. The van der Waals surface area contributed by atoms with Crippen LogP contribution in [0.25, 0.3) is 0 Å². The molecule has 0 atom stereocenters. The third kappa shape index (κ3) is 4.17. The summed E-state index contributed by atoms with van der Waals surface area (Å²) < 4.78 is 5.15. The molecular formula is C15H18N4O2. The topological polar surface area (TPSA) is 76.1 Å². The van der Waals surface area contributed by atoms with E-state index >= 15 is 0 Å². The maximum Gasteiger partial charge on any atom is 0.271 e. The van der Waals surface area contributed by atoms with Crippen LogP contribution in [0.4, 0.5) is 11.5 Å². The standard InChI is InChI=1S/C15H18N4O2/c1-3-9-16-15(20)13-7-8-14(19-18-13)17-11-5-4-6-12(10-11)21-2/h4-8,10H,3,9H2,1-2H3,(H,16,20)(H,17,19). The molecule has 1 aromatic carbocycles. The van der Waals surface area contributed by atoms with Gasteiger partial charge in [0.1, 0.15) is 5.75 Å². The Balaban J connectivity index is 2.03. The van der Waals surface area contributed by atoms with E-state index in [1.54, 1.807) is 19.2 Å². The van der Waals surface area contributed by atoms with Crippen LogP contribution in [0, 0.1) is 0 Å². The van der Waals surface area contributed by atoms with Crippen molar-refractivity contribution in [1.82, 2.24) is 15.5 Å². The SMILES string of the molecule is CCCNC(=O)c1ccc(Nc2cccc(OC)c2)nn1. The van der Waals surface area contributed by atoms with E-state index in [0.29, 0.717) is 18.1 Å². The van der Waals surface area contributed by atoms with Crippen molar-refractivity contribution in [2.24, 2.45) is 0 Å². The van der Waals surface area contributed by atoms with Gasteiger partial charge < -0.3 is 15.4 Å². The number of anilines is 2. The number of rotatable bonds is 6. The highest BCUT2D eigenvalue weighted by Crippen LogP contribution is 2.19. The highest BCUT2D eigenvalue weighted by atomic mass is 16.5. The summed E-state index contributed by atoms with van der Waals surface area (Å²) in [6.07, 6.45) is 0.884. The van der Waals surface area contributed by atoms with Crippen LogP contribution < -0.4 is 15.4 Å². The zero-order valence-corrected chi connectivity index (χ0v) is 12.1. The molecule has 2 N–H and O–H groups in total. The second-order valence-corrected chi connectivity index (χ2v) is 4.42. The van der Waals surface area contributed by atoms with E-state index in [4.69, 9.17) is 4.74 Å². The molecule has 0 spiro atoms. The average molecular weight is 286 g/mol. The zero-order chi connectivity index (χ0) is 15.1. The molecule has 0 aliphatic rings. The largest absolute Gasteiger partial charge is 0.497 e. The Morgan fingerprint density at radius 3 is 2.76 bits per heavy atom. The fraction of sp³-hybridized carbons (Fsp3) is 0.267. The lowest BCUT2D eigenvalue weighted by Crippen LogP contribution is -2.25. The monoisotopic (exact) mass is 286 g/mol. The van der Waals surface area contributed by atoms with E-state index in [0.717, 1.165) is 17.9 Å². The predicted molar refractivity (Wildman–Crippen MR) is 80.9 cm³/mol. The summed E-state index contributed by atoms with van der Waals surface area (Å²) >= 11 is 0. The first-order valence-electron chi connectivity index (χ1n) is 6.76. The maximum absolute atomic E-state index is 11.7. The molecule has 0 bridgehead atoms. The van der Waals surface area contributed by atoms with Crippen molar-refractivity contribution in [3.8, 4) is 5.75 Å². The first-order valence-corrected chi connectivity index (χ1v) is 6.76. The molecule has 21 heavy (non-hydrogen) atoms. The van der Waals surface area contributed by atoms with Gasteiger partial charge in [-0.3, -0.25) is 4.79 Å². The van der Waals surface area contributed by atoms with E-state index in [1.165, 1.54) is 0 Å².